The monoisotopic (exact) mass is 516 g/mol. The summed E-state index contributed by atoms with van der Waals surface area (Å²) in [5, 5.41) is 1.40. The van der Waals surface area contributed by atoms with Crippen molar-refractivity contribution < 1.29 is 14.2 Å². The Hall–Kier alpha value is -2.94. The summed E-state index contributed by atoms with van der Waals surface area (Å²) in [6.45, 7) is 6.91. The summed E-state index contributed by atoms with van der Waals surface area (Å²) in [7, 11) is 2.96. The molecular weight excluding hydrogens is 483 g/mol. The minimum absolute atomic E-state index is 0. The third-order valence-corrected chi connectivity index (χ3v) is 9.51. The summed E-state index contributed by atoms with van der Waals surface area (Å²) >= 11 is 0. The largest absolute Gasteiger partial charge is 0.495 e. The molecule has 0 fully saturated rings. The van der Waals surface area contributed by atoms with Crippen LogP contribution in [0.2, 0.25) is 0 Å². The molecule has 0 saturated carbocycles. The van der Waals surface area contributed by atoms with E-state index in [-0.39, 0.29) is 18.7 Å². The minimum atomic E-state index is -0.542. The molecule has 0 amide bonds. The van der Waals surface area contributed by atoms with Gasteiger partial charge < -0.3 is 14.2 Å². The molecule has 1 heterocycles. The summed E-state index contributed by atoms with van der Waals surface area (Å²) in [5.74, 6) is 2.60. The van der Waals surface area contributed by atoms with E-state index >= 15 is 0 Å². The van der Waals surface area contributed by atoms with E-state index in [1.54, 1.807) is 14.2 Å². The van der Waals surface area contributed by atoms with Crippen LogP contribution in [-0.4, -0.2) is 25.7 Å². The Bertz CT molecular complexity index is 1280. The second-order valence-electron chi connectivity index (χ2n) is 9.67. The number of hydrogen-bond acceptors (Lipinski definition) is 3. The average molecular weight is 517 g/mol. The first-order valence-corrected chi connectivity index (χ1v) is 13.4. The first-order chi connectivity index (χ1) is 16.9. The van der Waals surface area contributed by atoms with Crippen LogP contribution < -0.4 is 19.5 Å². The third kappa shape index (κ3) is 4.61. The Morgan fingerprint density at radius 3 is 1.69 bits per heavy atom. The maximum atomic E-state index is 6.22. The van der Waals surface area contributed by atoms with Gasteiger partial charge in [-0.05, 0) is 36.3 Å². The Balaban J connectivity index is 0.00000304. The molecule has 4 aromatic carbocycles. The second-order valence-corrected chi connectivity index (χ2v) is 12.6. The Kier molecular flexibility index (Phi) is 7.68. The van der Waals surface area contributed by atoms with E-state index in [1.807, 2.05) is 12.1 Å². The van der Waals surface area contributed by atoms with E-state index in [0.717, 1.165) is 57.0 Å². The van der Waals surface area contributed by atoms with Crippen LogP contribution in [0.15, 0.2) is 84.9 Å². The topological polar surface area (TPSA) is 27.7 Å². The van der Waals surface area contributed by atoms with Crippen molar-refractivity contribution in [1.82, 2.24) is 0 Å². The molecule has 0 bridgehead atoms. The van der Waals surface area contributed by atoms with Gasteiger partial charge in [0.1, 0.15) is 23.6 Å². The minimum Gasteiger partial charge on any atom is -0.495 e. The summed E-state index contributed by atoms with van der Waals surface area (Å²) in [6.07, 6.45) is 0.736. The fourth-order valence-electron chi connectivity index (χ4n) is 4.83. The van der Waals surface area contributed by atoms with Gasteiger partial charge in [0.15, 0.2) is 0 Å². The van der Waals surface area contributed by atoms with E-state index in [4.69, 9.17) is 14.2 Å². The first-order valence-electron chi connectivity index (χ1n) is 11.9. The lowest BCUT2D eigenvalue weighted by atomic mass is 9.90. The predicted octanol–water partition coefficient (Wildman–Crippen LogP) is 8.07. The smallest absolute Gasteiger partial charge is 0.138 e. The standard InChI is InChI=1S/C31H31O3P.H2S/c1-31(2,3)35-20-34-26-18-12-17-23(30(26)35)27-28(32-4)24(21-13-8-6-9-14-21)19-25(29(27)33-5)22-15-10-7-11-16-22;/h6-19H,20H2,1-5H3;1H2/t35-;/m0./s1. The molecule has 3 nitrogen and oxygen atoms in total. The van der Waals surface area contributed by atoms with Gasteiger partial charge in [0.05, 0.1) is 19.8 Å². The Labute approximate surface area is 222 Å². The average Bonchev–Trinajstić information content (AvgIpc) is 3.34. The Morgan fingerprint density at radius 1 is 0.694 bits per heavy atom. The molecule has 0 spiro atoms. The van der Waals surface area contributed by atoms with Crippen LogP contribution in [0.4, 0.5) is 0 Å². The van der Waals surface area contributed by atoms with Crippen molar-refractivity contribution in [2.24, 2.45) is 0 Å². The summed E-state index contributed by atoms with van der Waals surface area (Å²) in [6, 6.07) is 29.4. The van der Waals surface area contributed by atoms with Gasteiger partial charge in [-0.2, -0.15) is 13.5 Å². The van der Waals surface area contributed by atoms with Gasteiger partial charge in [-0.15, -0.1) is 0 Å². The molecule has 0 aromatic heterocycles. The van der Waals surface area contributed by atoms with E-state index in [0.29, 0.717) is 0 Å². The molecule has 0 saturated heterocycles. The molecule has 0 radical (unpaired) electrons. The summed E-state index contributed by atoms with van der Waals surface area (Å²) in [4.78, 5) is 0. The van der Waals surface area contributed by atoms with Crippen LogP contribution >= 0.6 is 21.4 Å². The van der Waals surface area contributed by atoms with Crippen LogP contribution in [0.25, 0.3) is 33.4 Å². The van der Waals surface area contributed by atoms with Crippen molar-refractivity contribution in [2.75, 3.05) is 20.6 Å². The zero-order valence-corrected chi connectivity index (χ0v) is 23.4. The third-order valence-electron chi connectivity index (χ3n) is 6.51. The van der Waals surface area contributed by atoms with E-state index < -0.39 is 7.92 Å². The molecule has 0 unspecified atom stereocenters. The van der Waals surface area contributed by atoms with Gasteiger partial charge in [0.25, 0.3) is 0 Å². The Morgan fingerprint density at radius 2 is 1.22 bits per heavy atom. The molecule has 0 aliphatic carbocycles. The number of rotatable bonds is 5. The van der Waals surface area contributed by atoms with Gasteiger partial charge >= 0.3 is 0 Å². The zero-order valence-electron chi connectivity index (χ0n) is 21.5. The second kappa shape index (κ2) is 10.6. The van der Waals surface area contributed by atoms with Gasteiger partial charge in [-0.1, -0.05) is 93.6 Å². The van der Waals surface area contributed by atoms with Crippen molar-refractivity contribution >= 4 is 26.7 Å². The van der Waals surface area contributed by atoms with Crippen molar-refractivity contribution in [3.63, 3.8) is 0 Å². The summed E-state index contributed by atoms with van der Waals surface area (Å²) in [5.41, 5.74) is 6.40. The van der Waals surface area contributed by atoms with Gasteiger partial charge in [-0.3, -0.25) is 0 Å². The zero-order chi connectivity index (χ0) is 24.6. The molecular formula is C31H33O3PS. The lowest BCUT2D eigenvalue weighted by Gasteiger charge is -2.29. The number of hydrogen-bond donors (Lipinski definition) is 0. The molecule has 36 heavy (non-hydrogen) atoms. The number of benzene rings is 4. The normalized spacial score (nSPS) is 14.4. The van der Waals surface area contributed by atoms with Crippen molar-refractivity contribution in [3.05, 3.63) is 84.9 Å². The molecule has 1 atom stereocenters. The molecule has 4 aromatic rings. The van der Waals surface area contributed by atoms with Crippen molar-refractivity contribution in [3.8, 4) is 50.6 Å². The van der Waals surface area contributed by atoms with Gasteiger partial charge in [-0.25, -0.2) is 0 Å². The van der Waals surface area contributed by atoms with Crippen LogP contribution in [0.3, 0.4) is 0 Å². The fourth-order valence-corrected chi connectivity index (χ4v) is 7.17. The lowest BCUT2D eigenvalue weighted by molar-refractivity contribution is 0.398. The molecule has 1 aliphatic heterocycles. The van der Waals surface area contributed by atoms with Gasteiger partial charge in [0.2, 0.25) is 0 Å². The maximum absolute atomic E-state index is 6.22. The fraction of sp³-hybridized carbons (Fsp3) is 0.226. The molecule has 1 aliphatic rings. The molecule has 0 N–H and O–H groups in total. The molecule has 5 rings (SSSR count). The van der Waals surface area contributed by atoms with Crippen LogP contribution in [0.5, 0.6) is 17.2 Å². The maximum Gasteiger partial charge on any atom is 0.138 e. The van der Waals surface area contributed by atoms with Crippen LogP contribution in [0, 0.1) is 0 Å². The van der Waals surface area contributed by atoms with E-state index in [2.05, 4.69) is 93.6 Å². The number of fused-ring (bicyclic) bond motifs is 1. The highest BCUT2D eigenvalue weighted by Crippen LogP contribution is 2.58. The van der Waals surface area contributed by atoms with Gasteiger partial charge in [0, 0.05) is 22.0 Å². The quantitative estimate of drug-likeness (QED) is 0.251. The van der Waals surface area contributed by atoms with Crippen molar-refractivity contribution in [1.29, 1.82) is 0 Å². The number of ether oxygens (including phenoxy) is 3. The van der Waals surface area contributed by atoms with Crippen LogP contribution in [-0.2, 0) is 0 Å². The van der Waals surface area contributed by atoms with Crippen LogP contribution in [0.1, 0.15) is 20.8 Å². The highest BCUT2D eigenvalue weighted by atomic mass is 32.1. The first kappa shape index (κ1) is 26.1. The molecule has 186 valence electrons. The number of methoxy groups -OCH3 is 2. The molecule has 5 heteroatoms. The van der Waals surface area contributed by atoms with E-state index in [1.165, 1.54) is 5.30 Å². The lowest BCUT2D eigenvalue weighted by Crippen LogP contribution is -2.19. The predicted molar refractivity (Wildman–Crippen MR) is 158 cm³/mol. The SMILES string of the molecule is COc1c(-c2ccccc2)cc(-c2ccccc2)c(OC)c1-c1cccc2c1[P@@](C(C)(C)C)CO2.S. The summed E-state index contributed by atoms with van der Waals surface area (Å²) < 4.78 is 18.6. The van der Waals surface area contributed by atoms with E-state index in [9.17, 15) is 0 Å². The highest BCUT2D eigenvalue weighted by Gasteiger charge is 2.37. The highest BCUT2D eigenvalue weighted by molar-refractivity contribution is 7.67. The van der Waals surface area contributed by atoms with Crippen molar-refractivity contribution in [2.45, 2.75) is 25.9 Å².